The smallest absolute Gasteiger partial charge is 0.123 e. The molecule has 16 heavy (non-hydrogen) atoms. The van der Waals surface area contributed by atoms with Gasteiger partial charge in [-0.1, -0.05) is 38.5 Å². The lowest BCUT2D eigenvalue weighted by Crippen LogP contribution is -2.12. The quantitative estimate of drug-likeness (QED) is 0.847. The van der Waals surface area contributed by atoms with Crippen LogP contribution in [0.2, 0.25) is 0 Å². The molecule has 0 radical (unpaired) electrons. The molecule has 0 unspecified atom stereocenters. The van der Waals surface area contributed by atoms with Gasteiger partial charge in [0.05, 0.1) is 6.61 Å². The van der Waals surface area contributed by atoms with E-state index in [2.05, 4.69) is 39.8 Å². The van der Waals surface area contributed by atoms with Gasteiger partial charge >= 0.3 is 0 Å². The number of aryl methyl sites for hydroxylation is 1. The van der Waals surface area contributed by atoms with Gasteiger partial charge in [-0.15, -0.1) is 0 Å². The van der Waals surface area contributed by atoms with Crippen molar-refractivity contribution in [1.82, 2.24) is 0 Å². The van der Waals surface area contributed by atoms with E-state index in [1.807, 2.05) is 6.07 Å². The molecule has 0 spiro atoms. The average molecular weight is 221 g/mol. The molecule has 90 valence electrons. The van der Waals surface area contributed by atoms with Crippen LogP contribution in [0, 0.1) is 12.3 Å². The Kier molecular flexibility index (Phi) is 4.36. The standard InChI is InChI=1S/C14H23NO/c1-11-5-6-13(12(9-11)10-15)16-8-7-14(2,3)4/h5-6,9H,7-8,10,15H2,1-4H3. The minimum Gasteiger partial charge on any atom is -0.493 e. The predicted octanol–water partition coefficient (Wildman–Crippen LogP) is 3.27. The molecule has 1 aromatic rings. The Labute approximate surface area is 98.8 Å². The molecule has 0 amide bonds. The lowest BCUT2D eigenvalue weighted by atomic mass is 9.93. The van der Waals surface area contributed by atoms with Crippen LogP contribution >= 0.6 is 0 Å². The summed E-state index contributed by atoms with van der Waals surface area (Å²) < 4.78 is 5.78. The fourth-order valence-electron chi connectivity index (χ4n) is 1.48. The van der Waals surface area contributed by atoms with Gasteiger partial charge in [0.2, 0.25) is 0 Å². The van der Waals surface area contributed by atoms with E-state index in [9.17, 15) is 0 Å². The molecule has 0 atom stereocenters. The summed E-state index contributed by atoms with van der Waals surface area (Å²) in [5.74, 6) is 0.928. The minimum absolute atomic E-state index is 0.313. The minimum atomic E-state index is 0.313. The average Bonchev–Trinajstić information content (AvgIpc) is 2.18. The molecule has 0 bridgehead atoms. The van der Waals surface area contributed by atoms with Crippen molar-refractivity contribution in [1.29, 1.82) is 0 Å². The number of hydrogen-bond acceptors (Lipinski definition) is 2. The van der Waals surface area contributed by atoms with E-state index in [1.54, 1.807) is 0 Å². The number of rotatable bonds is 4. The van der Waals surface area contributed by atoms with Crippen molar-refractivity contribution in [2.24, 2.45) is 11.1 Å². The summed E-state index contributed by atoms with van der Waals surface area (Å²) in [5, 5.41) is 0. The lowest BCUT2D eigenvalue weighted by molar-refractivity contribution is 0.241. The second-order valence-electron chi connectivity index (χ2n) is 5.47. The maximum absolute atomic E-state index is 5.78. The maximum Gasteiger partial charge on any atom is 0.123 e. The van der Waals surface area contributed by atoms with Gasteiger partial charge in [-0.25, -0.2) is 0 Å². The van der Waals surface area contributed by atoms with Gasteiger partial charge < -0.3 is 10.5 Å². The molecule has 0 aliphatic rings. The van der Waals surface area contributed by atoms with Crippen molar-refractivity contribution < 1.29 is 4.74 Å². The van der Waals surface area contributed by atoms with Crippen LogP contribution in [-0.2, 0) is 6.54 Å². The molecule has 0 fully saturated rings. The first-order valence-electron chi connectivity index (χ1n) is 5.85. The summed E-state index contributed by atoms with van der Waals surface area (Å²) in [6, 6.07) is 6.16. The van der Waals surface area contributed by atoms with Gasteiger partial charge in [-0.3, -0.25) is 0 Å². The topological polar surface area (TPSA) is 35.2 Å². The third-order valence-electron chi connectivity index (χ3n) is 2.55. The molecule has 0 aliphatic carbocycles. The van der Waals surface area contributed by atoms with Crippen LogP contribution < -0.4 is 10.5 Å². The zero-order valence-corrected chi connectivity index (χ0v) is 10.8. The molecule has 0 aromatic heterocycles. The van der Waals surface area contributed by atoms with E-state index in [0.717, 1.165) is 24.3 Å². The van der Waals surface area contributed by atoms with E-state index in [1.165, 1.54) is 5.56 Å². The highest BCUT2D eigenvalue weighted by atomic mass is 16.5. The van der Waals surface area contributed by atoms with Crippen LogP contribution in [0.5, 0.6) is 5.75 Å². The zero-order valence-electron chi connectivity index (χ0n) is 10.8. The summed E-state index contributed by atoms with van der Waals surface area (Å²) in [4.78, 5) is 0. The van der Waals surface area contributed by atoms with Gasteiger partial charge in [0, 0.05) is 12.1 Å². The summed E-state index contributed by atoms with van der Waals surface area (Å²) in [6.45, 7) is 10.0. The molecule has 0 aliphatic heterocycles. The number of ether oxygens (including phenoxy) is 1. The third kappa shape index (κ3) is 4.23. The normalized spacial score (nSPS) is 11.6. The Morgan fingerprint density at radius 2 is 1.94 bits per heavy atom. The fraction of sp³-hybridized carbons (Fsp3) is 0.571. The number of nitrogens with two attached hydrogens (primary N) is 1. The molecule has 0 saturated carbocycles. The summed E-state index contributed by atoms with van der Waals surface area (Å²) in [6.07, 6.45) is 1.05. The fourth-order valence-corrected chi connectivity index (χ4v) is 1.48. The van der Waals surface area contributed by atoms with Crippen LogP contribution in [-0.4, -0.2) is 6.61 Å². The van der Waals surface area contributed by atoms with E-state index in [4.69, 9.17) is 10.5 Å². The first kappa shape index (κ1) is 13.0. The van der Waals surface area contributed by atoms with Crippen molar-refractivity contribution in [3.8, 4) is 5.75 Å². The van der Waals surface area contributed by atoms with Crippen molar-refractivity contribution in [2.45, 2.75) is 40.7 Å². The van der Waals surface area contributed by atoms with Gasteiger partial charge in [0.15, 0.2) is 0 Å². The van der Waals surface area contributed by atoms with Gasteiger partial charge in [-0.05, 0) is 24.8 Å². The first-order chi connectivity index (χ1) is 7.42. The van der Waals surface area contributed by atoms with Crippen molar-refractivity contribution in [2.75, 3.05) is 6.61 Å². The monoisotopic (exact) mass is 221 g/mol. The zero-order chi connectivity index (χ0) is 12.2. The molecule has 0 saturated heterocycles. The molecule has 2 N–H and O–H groups in total. The van der Waals surface area contributed by atoms with E-state index in [-0.39, 0.29) is 0 Å². The second-order valence-corrected chi connectivity index (χ2v) is 5.47. The molecule has 0 heterocycles. The Hall–Kier alpha value is -1.02. The largest absolute Gasteiger partial charge is 0.493 e. The summed E-state index contributed by atoms with van der Waals surface area (Å²) in [7, 11) is 0. The second kappa shape index (κ2) is 5.35. The van der Waals surface area contributed by atoms with Gasteiger partial charge in [0.25, 0.3) is 0 Å². The number of hydrogen-bond donors (Lipinski definition) is 1. The third-order valence-corrected chi connectivity index (χ3v) is 2.55. The Morgan fingerprint density at radius 1 is 1.25 bits per heavy atom. The van der Waals surface area contributed by atoms with Crippen LogP contribution in [0.4, 0.5) is 0 Å². The molecule has 1 rings (SSSR count). The van der Waals surface area contributed by atoms with E-state index >= 15 is 0 Å². The predicted molar refractivity (Wildman–Crippen MR) is 68.6 cm³/mol. The Morgan fingerprint density at radius 3 is 2.50 bits per heavy atom. The van der Waals surface area contributed by atoms with Crippen molar-refractivity contribution in [3.05, 3.63) is 29.3 Å². The van der Waals surface area contributed by atoms with E-state index < -0.39 is 0 Å². The van der Waals surface area contributed by atoms with Gasteiger partial charge in [-0.2, -0.15) is 0 Å². The molecule has 1 aromatic carbocycles. The first-order valence-corrected chi connectivity index (χ1v) is 5.85. The lowest BCUT2D eigenvalue weighted by Gasteiger charge is -2.19. The number of benzene rings is 1. The molecular weight excluding hydrogens is 198 g/mol. The van der Waals surface area contributed by atoms with E-state index in [0.29, 0.717) is 12.0 Å². The SMILES string of the molecule is Cc1ccc(OCCC(C)(C)C)c(CN)c1. The molecular formula is C14H23NO. The maximum atomic E-state index is 5.78. The van der Waals surface area contributed by atoms with Crippen molar-refractivity contribution in [3.63, 3.8) is 0 Å². The highest BCUT2D eigenvalue weighted by Crippen LogP contribution is 2.22. The van der Waals surface area contributed by atoms with Crippen LogP contribution in [0.3, 0.4) is 0 Å². The highest BCUT2D eigenvalue weighted by molar-refractivity contribution is 5.36. The Bertz CT molecular complexity index is 339. The van der Waals surface area contributed by atoms with Gasteiger partial charge in [0.1, 0.15) is 5.75 Å². The van der Waals surface area contributed by atoms with Crippen LogP contribution in [0.1, 0.15) is 38.3 Å². The Balaban J connectivity index is 2.60. The summed E-state index contributed by atoms with van der Waals surface area (Å²) >= 11 is 0. The molecule has 2 nitrogen and oxygen atoms in total. The summed E-state index contributed by atoms with van der Waals surface area (Å²) in [5.41, 5.74) is 8.33. The highest BCUT2D eigenvalue weighted by Gasteiger charge is 2.10. The van der Waals surface area contributed by atoms with Crippen molar-refractivity contribution >= 4 is 0 Å². The molecule has 2 heteroatoms. The van der Waals surface area contributed by atoms with Crippen LogP contribution in [0.15, 0.2) is 18.2 Å². The van der Waals surface area contributed by atoms with Crippen LogP contribution in [0.25, 0.3) is 0 Å².